The molecule has 0 aliphatic heterocycles. The molecule has 0 amide bonds. The largest absolute Gasteiger partial charge is 0.385 e. The molecule has 0 saturated heterocycles. The molecule has 0 saturated carbocycles. The highest BCUT2D eigenvalue weighted by atomic mass is 32.2. The van der Waals surface area contributed by atoms with Crippen molar-refractivity contribution in [3.05, 3.63) is 16.8 Å². The third-order valence-electron chi connectivity index (χ3n) is 2.27. The minimum atomic E-state index is 0.648. The van der Waals surface area contributed by atoms with Gasteiger partial charge in [-0.3, -0.25) is 0 Å². The number of ether oxygens (including phenoxy) is 1. The molecular formula is C11H15N3OS. The van der Waals surface area contributed by atoms with Crippen LogP contribution in [-0.4, -0.2) is 29.7 Å². The predicted molar refractivity (Wildman–Crippen MR) is 63.4 cm³/mol. The van der Waals surface area contributed by atoms with Crippen LogP contribution < -0.4 is 0 Å². The van der Waals surface area contributed by atoms with Crippen LogP contribution in [0, 0.1) is 25.2 Å². The molecule has 1 aromatic heterocycles. The summed E-state index contributed by atoms with van der Waals surface area (Å²) in [7, 11) is 1.68. The van der Waals surface area contributed by atoms with E-state index in [4.69, 9.17) is 10.00 Å². The van der Waals surface area contributed by atoms with Crippen molar-refractivity contribution in [1.29, 1.82) is 5.26 Å². The van der Waals surface area contributed by atoms with Gasteiger partial charge in [0.15, 0.2) is 0 Å². The maximum atomic E-state index is 9.07. The highest BCUT2D eigenvalue weighted by molar-refractivity contribution is 7.99. The normalized spacial score (nSPS) is 10.1. The molecule has 0 atom stereocenters. The Balaban J connectivity index is 2.73. The van der Waals surface area contributed by atoms with E-state index in [1.165, 1.54) is 0 Å². The van der Waals surface area contributed by atoms with E-state index >= 15 is 0 Å². The molecule has 0 unspecified atom stereocenters. The Morgan fingerprint density at radius 1 is 1.38 bits per heavy atom. The van der Waals surface area contributed by atoms with E-state index in [0.717, 1.165) is 35.1 Å². The fourth-order valence-electron chi connectivity index (χ4n) is 1.19. The summed E-state index contributed by atoms with van der Waals surface area (Å²) < 4.78 is 4.96. The molecule has 0 radical (unpaired) electrons. The van der Waals surface area contributed by atoms with Gasteiger partial charge >= 0.3 is 0 Å². The first kappa shape index (κ1) is 12.9. The molecule has 0 aliphatic carbocycles. The second kappa shape index (κ2) is 6.46. The van der Waals surface area contributed by atoms with Crippen molar-refractivity contribution < 1.29 is 4.74 Å². The van der Waals surface area contributed by atoms with E-state index in [0.29, 0.717) is 5.56 Å². The molecule has 4 nitrogen and oxygen atoms in total. The lowest BCUT2D eigenvalue weighted by molar-refractivity contribution is 0.200. The third-order valence-corrected chi connectivity index (χ3v) is 3.32. The molecule has 1 heterocycles. The van der Waals surface area contributed by atoms with Crippen molar-refractivity contribution in [2.24, 2.45) is 0 Å². The van der Waals surface area contributed by atoms with Crippen LogP contribution in [0.4, 0.5) is 0 Å². The Labute approximate surface area is 100 Å². The summed E-state index contributed by atoms with van der Waals surface area (Å²) >= 11 is 1.56. The van der Waals surface area contributed by atoms with E-state index in [1.807, 2.05) is 13.8 Å². The molecule has 0 N–H and O–H groups in total. The lowest BCUT2D eigenvalue weighted by Crippen LogP contribution is -2.00. The third kappa shape index (κ3) is 3.19. The summed E-state index contributed by atoms with van der Waals surface area (Å²) in [6.45, 7) is 4.50. The summed E-state index contributed by atoms with van der Waals surface area (Å²) in [5.74, 6) is 0.889. The number of nitrogens with zero attached hydrogens (tertiary/aromatic N) is 3. The second-order valence-electron chi connectivity index (χ2n) is 3.40. The smallest absolute Gasteiger partial charge is 0.137 e. The number of aryl methyl sites for hydroxylation is 1. The van der Waals surface area contributed by atoms with Gasteiger partial charge in [-0.05, 0) is 25.8 Å². The van der Waals surface area contributed by atoms with E-state index in [1.54, 1.807) is 18.9 Å². The Bertz CT molecular complexity index is 401. The zero-order valence-corrected chi connectivity index (χ0v) is 10.6. The van der Waals surface area contributed by atoms with Gasteiger partial charge in [0.05, 0.1) is 11.3 Å². The van der Waals surface area contributed by atoms with Crippen LogP contribution in [-0.2, 0) is 4.74 Å². The molecule has 5 heteroatoms. The van der Waals surface area contributed by atoms with Gasteiger partial charge in [0, 0.05) is 19.5 Å². The standard InChI is InChI=1S/C11H15N3OS/c1-8-9(2)13-14-11(10(8)7-12)16-6-4-5-15-3/h4-6H2,1-3H3. The number of methoxy groups -OCH3 is 1. The van der Waals surface area contributed by atoms with Crippen LogP contribution in [0.3, 0.4) is 0 Å². The molecule has 86 valence electrons. The second-order valence-corrected chi connectivity index (χ2v) is 4.48. The van der Waals surface area contributed by atoms with Crippen molar-refractivity contribution in [2.75, 3.05) is 19.5 Å². The first-order chi connectivity index (χ1) is 7.70. The molecule has 0 aliphatic rings. The number of hydrogen-bond acceptors (Lipinski definition) is 5. The Morgan fingerprint density at radius 2 is 2.12 bits per heavy atom. The SMILES string of the molecule is COCCCSc1nnc(C)c(C)c1C#N. The molecule has 1 aromatic rings. The highest BCUT2D eigenvalue weighted by Crippen LogP contribution is 2.23. The zero-order chi connectivity index (χ0) is 12.0. The minimum absolute atomic E-state index is 0.648. The Morgan fingerprint density at radius 3 is 2.75 bits per heavy atom. The van der Waals surface area contributed by atoms with Crippen LogP contribution in [0.15, 0.2) is 5.03 Å². The van der Waals surface area contributed by atoms with Gasteiger partial charge in [-0.25, -0.2) is 0 Å². The Kier molecular flexibility index (Phi) is 5.23. The average molecular weight is 237 g/mol. The first-order valence-electron chi connectivity index (χ1n) is 5.06. The number of rotatable bonds is 5. The summed E-state index contributed by atoms with van der Waals surface area (Å²) in [6, 6.07) is 2.19. The fraction of sp³-hybridized carbons (Fsp3) is 0.545. The Hall–Kier alpha value is -1.12. The number of thioether (sulfide) groups is 1. The summed E-state index contributed by atoms with van der Waals surface area (Å²) in [6.07, 6.45) is 0.945. The minimum Gasteiger partial charge on any atom is -0.385 e. The average Bonchev–Trinajstić information content (AvgIpc) is 2.29. The van der Waals surface area contributed by atoms with Crippen molar-refractivity contribution in [3.8, 4) is 6.07 Å². The van der Waals surface area contributed by atoms with Crippen LogP contribution in [0.1, 0.15) is 23.2 Å². The van der Waals surface area contributed by atoms with E-state index in [-0.39, 0.29) is 0 Å². The highest BCUT2D eigenvalue weighted by Gasteiger charge is 2.10. The van der Waals surface area contributed by atoms with Gasteiger partial charge in [-0.2, -0.15) is 10.4 Å². The van der Waals surface area contributed by atoms with Crippen LogP contribution in [0.2, 0.25) is 0 Å². The van der Waals surface area contributed by atoms with Crippen molar-refractivity contribution >= 4 is 11.8 Å². The topological polar surface area (TPSA) is 58.8 Å². The maximum Gasteiger partial charge on any atom is 0.137 e. The first-order valence-corrected chi connectivity index (χ1v) is 6.05. The van der Waals surface area contributed by atoms with Crippen LogP contribution in [0.25, 0.3) is 0 Å². The maximum absolute atomic E-state index is 9.07. The lowest BCUT2D eigenvalue weighted by Gasteiger charge is -2.06. The van der Waals surface area contributed by atoms with E-state index < -0.39 is 0 Å². The summed E-state index contributed by atoms with van der Waals surface area (Å²) in [4.78, 5) is 0. The predicted octanol–water partition coefficient (Wildman–Crippen LogP) is 2.09. The monoisotopic (exact) mass is 237 g/mol. The number of aromatic nitrogens is 2. The van der Waals surface area contributed by atoms with Gasteiger partial charge in [0.25, 0.3) is 0 Å². The van der Waals surface area contributed by atoms with Gasteiger partial charge in [0.2, 0.25) is 0 Å². The number of nitriles is 1. The molecule has 0 fully saturated rings. The van der Waals surface area contributed by atoms with Crippen LogP contribution in [0.5, 0.6) is 0 Å². The van der Waals surface area contributed by atoms with Gasteiger partial charge < -0.3 is 4.74 Å². The number of hydrogen-bond donors (Lipinski definition) is 0. The van der Waals surface area contributed by atoms with Gasteiger partial charge in [0.1, 0.15) is 11.1 Å². The fourth-order valence-corrected chi connectivity index (χ4v) is 2.09. The van der Waals surface area contributed by atoms with Crippen molar-refractivity contribution in [2.45, 2.75) is 25.3 Å². The molecule has 0 aromatic carbocycles. The van der Waals surface area contributed by atoms with Gasteiger partial charge in [-0.15, -0.1) is 16.9 Å². The molecule has 0 bridgehead atoms. The van der Waals surface area contributed by atoms with E-state index in [9.17, 15) is 0 Å². The molecular weight excluding hydrogens is 222 g/mol. The van der Waals surface area contributed by atoms with Crippen molar-refractivity contribution in [3.63, 3.8) is 0 Å². The summed E-state index contributed by atoms with van der Waals surface area (Å²) in [5, 5.41) is 17.9. The van der Waals surface area contributed by atoms with Gasteiger partial charge in [-0.1, -0.05) is 0 Å². The zero-order valence-electron chi connectivity index (χ0n) is 9.78. The molecule has 1 rings (SSSR count). The van der Waals surface area contributed by atoms with Crippen molar-refractivity contribution in [1.82, 2.24) is 10.2 Å². The molecule has 16 heavy (non-hydrogen) atoms. The summed E-state index contributed by atoms with van der Waals surface area (Å²) in [5.41, 5.74) is 2.39. The van der Waals surface area contributed by atoms with E-state index in [2.05, 4.69) is 16.3 Å². The van der Waals surface area contributed by atoms with Crippen LogP contribution >= 0.6 is 11.8 Å². The lowest BCUT2D eigenvalue weighted by atomic mass is 10.1. The molecule has 0 spiro atoms. The quantitative estimate of drug-likeness (QED) is 0.579.